The molecule has 8 nitrogen and oxygen atoms in total. The molecule has 11 heteroatoms. The minimum atomic E-state index is -4.64. The quantitative estimate of drug-likeness (QED) is 0.716. The topological polar surface area (TPSA) is 116 Å². The Morgan fingerprint density at radius 1 is 1.32 bits per heavy atom. The summed E-state index contributed by atoms with van der Waals surface area (Å²) in [5, 5.41) is 11.9. The summed E-state index contributed by atoms with van der Waals surface area (Å²) in [4.78, 5) is 38.8. The number of hydrogen-bond acceptors (Lipinski definition) is 4. The third kappa shape index (κ3) is 3.28. The predicted molar refractivity (Wildman–Crippen MR) is 90.9 cm³/mol. The van der Waals surface area contributed by atoms with Crippen molar-refractivity contribution in [1.82, 2.24) is 10.2 Å². The molecule has 0 saturated carbocycles. The van der Waals surface area contributed by atoms with Gasteiger partial charge in [-0.3, -0.25) is 9.69 Å². The van der Waals surface area contributed by atoms with E-state index in [0.717, 1.165) is 23.1 Å². The maximum Gasteiger partial charge on any atom is 0.416 e. The first-order valence-corrected chi connectivity index (χ1v) is 8.39. The highest BCUT2D eigenvalue weighted by atomic mass is 19.4. The van der Waals surface area contributed by atoms with Crippen molar-refractivity contribution in [2.75, 3.05) is 18.1 Å². The van der Waals surface area contributed by atoms with Crippen LogP contribution in [-0.4, -0.2) is 47.2 Å². The zero-order chi connectivity index (χ0) is 20.6. The van der Waals surface area contributed by atoms with Gasteiger partial charge >= 0.3 is 18.2 Å². The lowest BCUT2D eigenvalue weighted by atomic mass is 9.92. The number of aliphatic hydroxyl groups excluding tert-OH is 1. The summed E-state index contributed by atoms with van der Waals surface area (Å²) in [5.74, 6) is -0.574. The number of rotatable bonds is 3. The van der Waals surface area contributed by atoms with E-state index in [1.807, 2.05) is 0 Å². The van der Waals surface area contributed by atoms with Gasteiger partial charge in [0.05, 0.1) is 22.9 Å². The number of halogens is 3. The number of nitrogens with zero attached hydrogens (tertiary/aromatic N) is 2. The molecule has 0 saturated heterocycles. The monoisotopic (exact) mass is 398 g/mol. The van der Waals surface area contributed by atoms with Crippen LogP contribution in [0.25, 0.3) is 0 Å². The van der Waals surface area contributed by atoms with Crippen LogP contribution in [0.1, 0.15) is 18.4 Å². The lowest BCUT2D eigenvalue weighted by Gasteiger charge is -2.43. The summed E-state index contributed by atoms with van der Waals surface area (Å²) >= 11 is 0. The van der Waals surface area contributed by atoms with Crippen molar-refractivity contribution >= 4 is 23.7 Å². The number of benzene rings is 1. The van der Waals surface area contributed by atoms with Gasteiger partial charge in [0, 0.05) is 25.3 Å². The number of carbonyl (C=O) groups excluding carboxylic acids is 3. The van der Waals surface area contributed by atoms with E-state index in [9.17, 15) is 32.7 Å². The third-order valence-electron chi connectivity index (χ3n) is 4.59. The molecule has 0 radical (unpaired) electrons. The Kier molecular flexibility index (Phi) is 5.02. The van der Waals surface area contributed by atoms with E-state index in [-0.39, 0.29) is 36.3 Å². The number of hydrogen-bond donors (Lipinski definition) is 3. The Balaban J connectivity index is 2.21. The van der Waals surface area contributed by atoms with Crippen molar-refractivity contribution in [1.29, 1.82) is 0 Å². The van der Waals surface area contributed by atoms with Crippen molar-refractivity contribution < 1.29 is 32.7 Å². The molecule has 0 spiro atoms. The van der Waals surface area contributed by atoms with E-state index in [1.54, 1.807) is 0 Å². The van der Waals surface area contributed by atoms with E-state index in [2.05, 4.69) is 5.32 Å². The molecule has 1 unspecified atom stereocenters. The molecule has 2 aliphatic heterocycles. The molecular formula is C17H17F3N4O4. The largest absolute Gasteiger partial charge is 0.416 e. The number of alkyl halides is 3. The highest BCUT2D eigenvalue weighted by Gasteiger charge is 2.46. The number of urea groups is 2. The minimum Gasteiger partial charge on any atom is -0.396 e. The number of nitrogens with two attached hydrogens (primary N) is 1. The molecular weight excluding hydrogens is 381 g/mol. The summed E-state index contributed by atoms with van der Waals surface area (Å²) in [6.07, 6.45) is -4.60. The number of primary amides is 1. The fraction of sp³-hybridized carbons (Fsp3) is 0.353. The summed E-state index contributed by atoms with van der Waals surface area (Å²) in [5.41, 5.74) is 4.39. The SMILES string of the molecule is NC(=O)N1C(=O)N(c2cccc(C(F)(F)F)c2)C2=C(C(=O)NCC2)C1CCO. The first kappa shape index (κ1) is 19.7. The second kappa shape index (κ2) is 7.15. The normalized spacial score (nSPS) is 20.2. The van der Waals surface area contributed by atoms with Gasteiger partial charge in [-0.05, 0) is 24.6 Å². The summed E-state index contributed by atoms with van der Waals surface area (Å²) < 4.78 is 39.3. The molecule has 2 aliphatic rings. The van der Waals surface area contributed by atoms with E-state index in [0.29, 0.717) is 4.90 Å². The number of amides is 5. The summed E-state index contributed by atoms with van der Waals surface area (Å²) in [6, 6.07) is 0.761. The smallest absolute Gasteiger partial charge is 0.396 e. The Hall–Kier alpha value is -3.08. The molecule has 28 heavy (non-hydrogen) atoms. The van der Waals surface area contributed by atoms with Crippen LogP contribution in [0.2, 0.25) is 0 Å². The number of anilines is 1. The molecule has 0 fully saturated rings. The van der Waals surface area contributed by atoms with Crippen molar-refractivity contribution in [3.63, 3.8) is 0 Å². The van der Waals surface area contributed by atoms with E-state index in [4.69, 9.17) is 5.73 Å². The van der Waals surface area contributed by atoms with Gasteiger partial charge in [-0.25, -0.2) is 14.5 Å². The molecule has 0 bridgehead atoms. The van der Waals surface area contributed by atoms with Crippen molar-refractivity contribution in [2.45, 2.75) is 25.1 Å². The minimum absolute atomic E-state index is 0.0242. The van der Waals surface area contributed by atoms with E-state index < -0.39 is 42.4 Å². The molecule has 0 aromatic heterocycles. The van der Waals surface area contributed by atoms with Crippen molar-refractivity contribution in [3.8, 4) is 0 Å². The maximum atomic E-state index is 13.1. The van der Waals surface area contributed by atoms with Crippen LogP contribution in [0.4, 0.5) is 28.4 Å². The van der Waals surface area contributed by atoms with Crippen LogP contribution in [0.5, 0.6) is 0 Å². The van der Waals surface area contributed by atoms with Crippen molar-refractivity contribution in [3.05, 3.63) is 41.1 Å². The molecule has 2 heterocycles. The van der Waals surface area contributed by atoms with Gasteiger partial charge in [-0.1, -0.05) is 6.07 Å². The molecule has 5 amide bonds. The highest BCUT2D eigenvalue weighted by molar-refractivity contribution is 6.10. The standard InChI is InChI=1S/C17H17F3N4O4/c18-17(19,20)9-2-1-3-10(8-9)23-11-4-6-22-14(26)13(11)12(5-7-25)24(15(21)27)16(23)28/h1-3,8,12,25H,4-7H2,(H2,21,27)(H,22,26). The Morgan fingerprint density at radius 3 is 2.64 bits per heavy atom. The highest BCUT2D eigenvalue weighted by Crippen LogP contribution is 2.38. The van der Waals surface area contributed by atoms with Gasteiger partial charge in [-0.15, -0.1) is 0 Å². The van der Waals surface area contributed by atoms with Gasteiger partial charge in [0.15, 0.2) is 0 Å². The van der Waals surface area contributed by atoms with E-state index >= 15 is 0 Å². The van der Waals surface area contributed by atoms with Crippen molar-refractivity contribution in [2.24, 2.45) is 5.73 Å². The van der Waals surface area contributed by atoms with Crippen LogP contribution in [0, 0.1) is 0 Å². The predicted octanol–water partition coefficient (Wildman–Crippen LogP) is 1.55. The van der Waals surface area contributed by atoms with Gasteiger partial charge in [0.1, 0.15) is 0 Å². The van der Waals surface area contributed by atoms with Gasteiger partial charge in [0.25, 0.3) is 5.91 Å². The molecule has 1 aromatic rings. The Labute approximate surface area is 157 Å². The van der Waals surface area contributed by atoms with Gasteiger partial charge < -0.3 is 16.2 Å². The maximum absolute atomic E-state index is 13.1. The Bertz CT molecular complexity index is 868. The lowest BCUT2D eigenvalue weighted by Crippen LogP contribution is -2.61. The molecule has 0 aliphatic carbocycles. The van der Waals surface area contributed by atoms with Crippen LogP contribution >= 0.6 is 0 Å². The number of imide groups is 1. The summed E-state index contributed by atoms with van der Waals surface area (Å²) in [6.45, 7) is -0.266. The fourth-order valence-electron chi connectivity index (χ4n) is 3.45. The van der Waals surface area contributed by atoms with Gasteiger partial charge in [-0.2, -0.15) is 13.2 Å². The van der Waals surface area contributed by atoms with Crippen LogP contribution in [0.15, 0.2) is 35.5 Å². The molecule has 1 aromatic carbocycles. The third-order valence-corrected chi connectivity index (χ3v) is 4.59. The van der Waals surface area contributed by atoms with Crippen LogP contribution in [0.3, 0.4) is 0 Å². The zero-order valence-electron chi connectivity index (χ0n) is 14.5. The van der Waals surface area contributed by atoms with Gasteiger partial charge in [0.2, 0.25) is 0 Å². The molecule has 1 atom stereocenters. The van der Waals surface area contributed by atoms with E-state index in [1.165, 1.54) is 6.07 Å². The average molecular weight is 398 g/mol. The Morgan fingerprint density at radius 2 is 2.04 bits per heavy atom. The first-order valence-electron chi connectivity index (χ1n) is 8.39. The van der Waals surface area contributed by atoms with Crippen LogP contribution in [-0.2, 0) is 11.0 Å². The fourth-order valence-corrected chi connectivity index (χ4v) is 3.45. The number of nitrogens with one attached hydrogen (secondary N) is 1. The summed E-state index contributed by atoms with van der Waals surface area (Å²) in [7, 11) is 0. The lowest BCUT2D eigenvalue weighted by molar-refractivity contribution is -0.137. The average Bonchev–Trinajstić information content (AvgIpc) is 2.61. The first-order chi connectivity index (χ1) is 13.2. The number of aliphatic hydroxyl groups is 1. The molecule has 150 valence electrons. The number of carbonyl (C=O) groups is 3. The van der Waals surface area contributed by atoms with Crippen LogP contribution < -0.4 is 16.0 Å². The molecule has 4 N–H and O–H groups in total. The second-order valence-electron chi connectivity index (χ2n) is 6.27. The second-order valence-corrected chi connectivity index (χ2v) is 6.27. The molecule has 3 rings (SSSR count). The zero-order valence-corrected chi connectivity index (χ0v) is 14.5.